The van der Waals surface area contributed by atoms with Gasteiger partial charge in [-0.15, -0.1) is 0 Å². The van der Waals surface area contributed by atoms with E-state index in [9.17, 15) is 5.11 Å². The first-order valence-electron chi connectivity index (χ1n) is 3.89. The molecule has 2 atom stereocenters. The lowest BCUT2D eigenvalue weighted by Crippen LogP contribution is -2.32. The fourth-order valence-corrected chi connectivity index (χ4v) is 1.85. The van der Waals surface area contributed by atoms with Crippen LogP contribution in [0.15, 0.2) is 0 Å². The highest BCUT2D eigenvalue weighted by Gasteiger charge is 2.27. The van der Waals surface area contributed by atoms with Crippen LogP contribution in [0.2, 0.25) is 0 Å². The molecule has 1 saturated heterocycles. The second-order valence-electron chi connectivity index (χ2n) is 2.85. The van der Waals surface area contributed by atoms with Gasteiger partial charge in [0.05, 0.1) is 6.10 Å². The van der Waals surface area contributed by atoms with Crippen molar-refractivity contribution in [1.29, 1.82) is 0 Å². The molecule has 3 heteroatoms. The van der Waals surface area contributed by atoms with E-state index >= 15 is 0 Å². The summed E-state index contributed by atoms with van der Waals surface area (Å²) >= 11 is 4.25. The van der Waals surface area contributed by atoms with Gasteiger partial charge in [-0.05, 0) is 19.3 Å². The van der Waals surface area contributed by atoms with Crippen molar-refractivity contribution in [3.05, 3.63) is 0 Å². The van der Waals surface area contributed by atoms with Crippen molar-refractivity contribution in [1.82, 2.24) is 4.31 Å². The van der Waals surface area contributed by atoms with Crippen molar-refractivity contribution in [2.45, 2.75) is 38.3 Å². The fraction of sp³-hybridized carbons (Fsp3) is 1.00. The highest BCUT2D eigenvalue weighted by atomic mass is 32.1. The lowest BCUT2D eigenvalue weighted by atomic mass is 10.1. The average molecular weight is 161 g/mol. The normalized spacial score (nSPS) is 30.9. The molecule has 1 aliphatic heterocycles. The molecule has 1 heterocycles. The zero-order chi connectivity index (χ0) is 7.56. The molecule has 2 unspecified atom stereocenters. The molecule has 0 saturated carbocycles. The molecule has 1 aliphatic rings. The summed E-state index contributed by atoms with van der Waals surface area (Å²) in [5.41, 5.74) is 0. The summed E-state index contributed by atoms with van der Waals surface area (Å²) in [4.78, 5) is 0. The van der Waals surface area contributed by atoms with Gasteiger partial charge >= 0.3 is 0 Å². The minimum Gasteiger partial charge on any atom is -0.391 e. The van der Waals surface area contributed by atoms with Gasteiger partial charge in [0.2, 0.25) is 0 Å². The van der Waals surface area contributed by atoms with Gasteiger partial charge in [0.1, 0.15) is 0 Å². The number of thiol groups is 1. The highest BCUT2D eigenvalue weighted by Crippen LogP contribution is 2.22. The van der Waals surface area contributed by atoms with Gasteiger partial charge in [0, 0.05) is 12.6 Å². The topological polar surface area (TPSA) is 23.5 Å². The number of rotatable bonds is 2. The third-order valence-electron chi connectivity index (χ3n) is 2.13. The maximum Gasteiger partial charge on any atom is 0.0702 e. The molecule has 1 fully saturated rings. The molecule has 1 rings (SSSR count). The van der Waals surface area contributed by atoms with Crippen LogP contribution >= 0.6 is 12.8 Å². The molecule has 0 spiro atoms. The minimum atomic E-state index is -0.181. The van der Waals surface area contributed by atoms with Crippen LogP contribution in [0.25, 0.3) is 0 Å². The molecule has 1 N–H and O–H groups in total. The molecular formula is C7H15NOS. The van der Waals surface area contributed by atoms with Gasteiger partial charge in [-0.3, -0.25) is 0 Å². The number of hydrogen-bond donors (Lipinski definition) is 2. The molecular weight excluding hydrogens is 146 g/mol. The van der Waals surface area contributed by atoms with E-state index in [-0.39, 0.29) is 6.10 Å². The summed E-state index contributed by atoms with van der Waals surface area (Å²) in [6.07, 6.45) is 2.92. The summed E-state index contributed by atoms with van der Waals surface area (Å²) in [6, 6.07) is 0.299. The van der Waals surface area contributed by atoms with E-state index in [0.717, 1.165) is 19.4 Å². The Hall–Kier alpha value is 0.270. The Morgan fingerprint density at radius 1 is 1.80 bits per heavy atom. The molecule has 10 heavy (non-hydrogen) atoms. The van der Waals surface area contributed by atoms with Gasteiger partial charge in [0.25, 0.3) is 0 Å². The van der Waals surface area contributed by atoms with E-state index in [1.807, 2.05) is 11.2 Å². The quantitative estimate of drug-likeness (QED) is 0.592. The first-order chi connectivity index (χ1) is 4.75. The maximum absolute atomic E-state index is 9.44. The smallest absolute Gasteiger partial charge is 0.0702 e. The lowest BCUT2D eigenvalue weighted by molar-refractivity contribution is 0.108. The van der Waals surface area contributed by atoms with E-state index in [1.165, 1.54) is 6.42 Å². The Morgan fingerprint density at radius 3 is 2.90 bits per heavy atom. The second-order valence-corrected chi connectivity index (χ2v) is 3.36. The SMILES string of the molecule is CCC(O)C1CCCN1S. The number of aliphatic hydroxyl groups excluding tert-OH is 1. The van der Waals surface area contributed by atoms with Crippen molar-refractivity contribution in [2.75, 3.05) is 6.54 Å². The van der Waals surface area contributed by atoms with Gasteiger partial charge in [-0.1, -0.05) is 19.7 Å². The Kier molecular flexibility index (Phi) is 3.01. The molecule has 0 aliphatic carbocycles. The van der Waals surface area contributed by atoms with E-state index in [0.29, 0.717) is 6.04 Å². The van der Waals surface area contributed by atoms with Crippen molar-refractivity contribution >= 4 is 12.8 Å². The van der Waals surface area contributed by atoms with E-state index in [4.69, 9.17) is 0 Å². The van der Waals surface area contributed by atoms with Crippen molar-refractivity contribution in [2.24, 2.45) is 0 Å². The summed E-state index contributed by atoms with van der Waals surface area (Å²) in [5, 5.41) is 9.44. The van der Waals surface area contributed by atoms with Crippen molar-refractivity contribution in [3.63, 3.8) is 0 Å². The largest absolute Gasteiger partial charge is 0.391 e. The Balaban J connectivity index is 2.38. The predicted molar refractivity (Wildman–Crippen MR) is 45.0 cm³/mol. The standard InChI is InChI=1S/C7H15NOS/c1-2-7(9)6-4-3-5-8(6)10/h6-7,9-10H,2-5H2,1H3. The molecule has 60 valence electrons. The Morgan fingerprint density at radius 2 is 2.50 bits per heavy atom. The first-order valence-corrected chi connectivity index (χ1v) is 4.29. The number of aliphatic hydroxyl groups is 1. The second kappa shape index (κ2) is 3.60. The Labute approximate surface area is 67.8 Å². The molecule has 2 nitrogen and oxygen atoms in total. The molecule has 0 aromatic heterocycles. The summed E-state index contributed by atoms with van der Waals surface area (Å²) in [5.74, 6) is 0. The zero-order valence-electron chi connectivity index (χ0n) is 6.32. The van der Waals surface area contributed by atoms with E-state index < -0.39 is 0 Å². The molecule has 0 aromatic carbocycles. The van der Waals surface area contributed by atoms with Crippen LogP contribution in [0.5, 0.6) is 0 Å². The highest BCUT2D eigenvalue weighted by molar-refractivity contribution is 7.77. The zero-order valence-corrected chi connectivity index (χ0v) is 7.22. The van der Waals surface area contributed by atoms with Crippen LogP contribution in [-0.2, 0) is 0 Å². The summed E-state index contributed by atoms with van der Waals surface area (Å²) in [7, 11) is 0. The third kappa shape index (κ3) is 1.65. The van der Waals surface area contributed by atoms with Gasteiger partial charge in [-0.25, -0.2) is 4.31 Å². The van der Waals surface area contributed by atoms with Gasteiger partial charge in [-0.2, -0.15) is 0 Å². The molecule has 0 bridgehead atoms. The third-order valence-corrected chi connectivity index (χ3v) is 2.63. The lowest BCUT2D eigenvalue weighted by Gasteiger charge is -2.22. The summed E-state index contributed by atoms with van der Waals surface area (Å²) in [6.45, 7) is 3.02. The van der Waals surface area contributed by atoms with Crippen LogP contribution in [0.1, 0.15) is 26.2 Å². The van der Waals surface area contributed by atoms with Crippen LogP contribution < -0.4 is 0 Å². The van der Waals surface area contributed by atoms with E-state index in [2.05, 4.69) is 12.8 Å². The van der Waals surface area contributed by atoms with Gasteiger partial charge in [0.15, 0.2) is 0 Å². The molecule has 0 amide bonds. The van der Waals surface area contributed by atoms with Crippen LogP contribution in [-0.4, -0.2) is 28.1 Å². The monoisotopic (exact) mass is 161 g/mol. The van der Waals surface area contributed by atoms with Crippen LogP contribution in [0.3, 0.4) is 0 Å². The fourth-order valence-electron chi connectivity index (χ4n) is 1.44. The van der Waals surface area contributed by atoms with E-state index in [1.54, 1.807) is 0 Å². The average Bonchev–Trinajstić information content (AvgIpc) is 2.34. The number of nitrogens with zero attached hydrogens (tertiary/aromatic N) is 1. The van der Waals surface area contributed by atoms with Crippen LogP contribution in [0.4, 0.5) is 0 Å². The molecule has 0 aromatic rings. The first kappa shape index (κ1) is 8.37. The molecule has 0 radical (unpaired) electrons. The predicted octanol–water partition coefficient (Wildman–Crippen LogP) is 1.07. The Bertz CT molecular complexity index is 110. The van der Waals surface area contributed by atoms with Crippen molar-refractivity contribution in [3.8, 4) is 0 Å². The minimum absolute atomic E-state index is 0.181. The van der Waals surface area contributed by atoms with Crippen LogP contribution in [0, 0.1) is 0 Å². The summed E-state index contributed by atoms with van der Waals surface area (Å²) < 4.78 is 1.95. The van der Waals surface area contributed by atoms with Crippen molar-refractivity contribution < 1.29 is 5.11 Å². The number of hydrogen-bond acceptors (Lipinski definition) is 3. The van der Waals surface area contributed by atoms with Gasteiger partial charge < -0.3 is 5.11 Å². The maximum atomic E-state index is 9.44.